The van der Waals surface area contributed by atoms with Crippen LogP contribution in [0, 0.1) is 0 Å². The molecule has 1 aromatic carbocycles. The normalized spacial score (nSPS) is 23.7. The average Bonchev–Trinajstić information content (AvgIpc) is 2.77. The number of aliphatic hydroxyl groups is 1. The van der Waals surface area contributed by atoms with Crippen molar-refractivity contribution in [3.8, 4) is 0 Å². The van der Waals surface area contributed by atoms with E-state index >= 15 is 0 Å². The minimum Gasteiger partial charge on any atom is -0.455 e. The van der Waals surface area contributed by atoms with E-state index in [0.29, 0.717) is 0 Å². The van der Waals surface area contributed by atoms with Gasteiger partial charge in [-0.25, -0.2) is 4.79 Å². The first kappa shape index (κ1) is 18.6. The van der Waals surface area contributed by atoms with Crippen molar-refractivity contribution < 1.29 is 28.9 Å². The Hall–Kier alpha value is -1.76. The number of hydrogen-bond donors (Lipinski definition) is 1. The number of carbonyl (C=O) groups excluding carboxylic acids is 2. The number of esters is 1. The van der Waals surface area contributed by atoms with Gasteiger partial charge in [0.15, 0.2) is 5.79 Å². The second-order valence-corrected chi connectivity index (χ2v) is 6.33. The summed E-state index contributed by atoms with van der Waals surface area (Å²) in [5.41, 5.74) is 0.794. The molecule has 0 unspecified atom stereocenters. The van der Waals surface area contributed by atoms with Gasteiger partial charge in [-0.15, -0.1) is 0 Å². The lowest BCUT2D eigenvalue weighted by molar-refractivity contribution is -0.179. The van der Waals surface area contributed by atoms with Gasteiger partial charge in [-0.3, -0.25) is 4.79 Å². The summed E-state index contributed by atoms with van der Waals surface area (Å²) in [5, 5.41) is 10.1. The highest BCUT2D eigenvalue weighted by atomic mass is 16.8. The van der Waals surface area contributed by atoms with Crippen LogP contribution in [0.1, 0.15) is 39.2 Å². The summed E-state index contributed by atoms with van der Waals surface area (Å²) in [6, 6.07) is 9.08. The van der Waals surface area contributed by atoms with Crippen LogP contribution >= 0.6 is 0 Å². The topological polar surface area (TPSA) is 82.1 Å². The molecule has 6 nitrogen and oxygen atoms in total. The Morgan fingerprint density at radius 1 is 1.21 bits per heavy atom. The van der Waals surface area contributed by atoms with Crippen LogP contribution in [-0.4, -0.2) is 41.0 Å². The number of benzene rings is 1. The van der Waals surface area contributed by atoms with E-state index in [-0.39, 0.29) is 31.7 Å². The van der Waals surface area contributed by atoms with Gasteiger partial charge in [0.1, 0.15) is 6.61 Å². The first-order valence-electron chi connectivity index (χ1n) is 8.06. The molecule has 132 valence electrons. The van der Waals surface area contributed by atoms with Gasteiger partial charge in [-0.1, -0.05) is 30.3 Å². The SMILES string of the molecule is C[C@@H]1OC(C)(C[C@@H](O)CC(=O)C(=O)OCc2ccccc2)O[C@H]1C. The number of aliphatic hydroxyl groups excluding tert-OH is 1. The van der Waals surface area contributed by atoms with E-state index < -0.39 is 23.6 Å². The summed E-state index contributed by atoms with van der Waals surface area (Å²) in [6.45, 7) is 5.51. The first-order valence-corrected chi connectivity index (χ1v) is 8.06. The van der Waals surface area contributed by atoms with Crippen molar-refractivity contribution in [2.75, 3.05) is 0 Å². The van der Waals surface area contributed by atoms with Crippen molar-refractivity contribution in [1.82, 2.24) is 0 Å². The fraction of sp³-hybridized carbons (Fsp3) is 0.556. The number of hydrogen-bond acceptors (Lipinski definition) is 6. The van der Waals surface area contributed by atoms with Crippen LogP contribution in [-0.2, 0) is 30.4 Å². The van der Waals surface area contributed by atoms with Crippen molar-refractivity contribution in [2.45, 2.75) is 64.3 Å². The van der Waals surface area contributed by atoms with Crippen LogP contribution in [0.15, 0.2) is 30.3 Å². The van der Waals surface area contributed by atoms with E-state index in [9.17, 15) is 14.7 Å². The van der Waals surface area contributed by atoms with Gasteiger partial charge in [0.2, 0.25) is 5.78 Å². The number of ketones is 1. The predicted octanol–water partition coefficient (Wildman–Crippen LogP) is 1.98. The second-order valence-electron chi connectivity index (χ2n) is 6.33. The molecular formula is C18H24O6. The molecule has 6 heteroatoms. The van der Waals surface area contributed by atoms with E-state index in [0.717, 1.165) is 5.56 Å². The lowest BCUT2D eigenvalue weighted by Crippen LogP contribution is -2.34. The molecule has 0 aliphatic carbocycles. The summed E-state index contributed by atoms with van der Waals surface area (Å²) in [4.78, 5) is 23.6. The molecule has 0 aromatic heterocycles. The van der Waals surface area contributed by atoms with Gasteiger partial charge in [0.25, 0.3) is 0 Å². The molecule has 0 radical (unpaired) electrons. The average molecular weight is 336 g/mol. The van der Waals surface area contributed by atoms with Crippen LogP contribution in [0.2, 0.25) is 0 Å². The molecule has 0 spiro atoms. The summed E-state index contributed by atoms with van der Waals surface area (Å²) >= 11 is 0. The van der Waals surface area contributed by atoms with Crippen molar-refractivity contribution in [3.63, 3.8) is 0 Å². The van der Waals surface area contributed by atoms with Crippen molar-refractivity contribution in [3.05, 3.63) is 35.9 Å². The molecule has 1 aromatic rings. The summed E-state index contributed by atoms with van der Waals surface area (Å²) < 4.78 is 16.3. The predicted molar refractivity (Wildman–Crippen MR) is 86.0 cm³/mol. The third-order valence-corrected chi connectivity index (χ3v) is 4.00. The molecule has 0 amide bonds. The van der Waals surface area contributed by atoms with Crippen molar-refractivity contribution in [1.29, 1.82) is 0 Å². The number of Topliss-reactive ketones (excluding diaryl/α,β-unsaturated/α-hetero) is 1. The van der Waals surface area contributed by atoms with E-state index in [2.05, 4.69) is 0 Å². The molecule has 1 aliphatic rings. The summed E-state index contributed by atoms with van der Waals surface area (Å²) in [6.07, 6.45) is -1.43. The maximum Gasteiger partial charge on any atom is 0.375 e. The Morgan fingerprint density at radius 3 is 2.38 bits per heavy atom. The Bertz CT molecular complexity index is 560. The lowest BCUT2D eigenvalue weighted by Gasteiger charge is -2.25. The fourth-order valence-corrected chi connectivity index (χ4v) is 2.70. The lowest BCUT2D eigenvalue weighted by atomic mass is 10.0. The van der Waals surface area contributed by atoms with Gasteiger partial charge in [0, 0.05) is 12.8 Å². The highest BCUT2D eigenvalue weighted by Crippen LogP contribution is 2.32. The molecule has 0 bridgehead atoms. The molecule has 1 saturated heterocycles. The minimum atomic E-state index is -1.04. The summed E-state index contributed by atoms with van der Waals surface area (Å²) in [7, 11) is 0. The Kier molecular flexibility index (Phi) is 6.10. The highest BCUT2D eigenvalue weighted by molar-refractivity contribution is 6.33. The van der Waals surface area contributed by atoms with Crippen LogP contribution in [0.5, 0.6) is 0 Å². The third kappa shape index (κ3) is 5.12. The molecule has 1 fully saturated rings. The number of rotatable bonds is 7. The first-order chi connectivity index (χ1) is 11.3. The second kappa shape index (κ2) is 7.88. The van der Waals surface area contributed by atoms with E-state index in [4.69, 9.17) is 14.2 Å². The fourth-order valence-electron chi connectivity index (χ4n) is 2.70. The molecular weight excluding hydrogens is 312 g/mol. The number of ether oxygens (including phenoxy) is 3. The molecule has 1 aliphatic heterocycles. The van der Waals surface area contributed by atoms with Gasteiger partial charge in [0.05, 0.1) is 18.3 Å². The molecule has 1 heterocycles. The summed E-state index contributed by atoms with van der Waals surface area (Å²) in [5.74, 6) is -2.66. The molecule has 2 rings (SSSR count). The largest absolute Gasteiger partial charge is 0.455 e. The van der Waals surface area contributed by atoms with Gasteiger partial charge in [-0.05, 0) is 26.3 Å². The smallest absolute Gasteiger partial charge is 0.375 e. The van der Waals surface area contributed by atoms with Gasteiger partial charge < -0.3 is 19.3 Å². The molecule has 0 saturated carbocycles. The zero-order valence-electron chi connectivity index (χ0n) is 14.2. The maximum atomic E-state index is 11.9. The van der Waals surface area contributed by atoms with Crippen LogP contribution < -0.4 is 0 Å². The Balaban J connectivity index is 1.77. The van der Waals surface area contributed by atoms with E-state index in [1.54, 1.807) is 19.1 Å². The van der Waals surface area contributed by atoms with E-state index in [1.165, 1.54) is 0 Å². The molecule has 3 atom stereocenters. The van der Waals surface area contributed by atoms with Gasteiger partial charge >= 0.3 is 5.97 Å². The number of carbonyl (C=O) groups is 2. The maximum absolute atomic E-state index is 11.9. The van der Waals surface area contributed by atoms with Crippen molar-refractivity contribution >= 4 is 11.8 Å². The third-order valence-electron chi connectivity index (χ3n) is 4.00. The Labute approximate surface area is 141 Å². The Morgan fingerprint density at radius 2 is 1.79 bits per heavy atom. The standard InChI is InChI=1S/C18H24O6/c1-12-13(2)24-18(3,23-12)10-15(19)9-16(20)17(21)22-11-14-7-5-4-6-8-14/h4-8,12-13,15,19H,9-11H2,1-3H3/t12-,13-,15-/m0/s1. The van der Waals surface area contributed by atoms with Crippen LogP contribution in [0.4, 0.5) is 0 Å². The van der Waals surface area contributed by atoms with Crippen LogP contribution in [0.25, 0.3) is 0 Å². The molecule has 24 heavy (non-hydrogen) atoms. The monoisotopic (exact) mass is 336 g/mol. The van der Waals surface area contributed by atoms with Crippen molar-refractivity contribution in [2.24, 2.45) is 0 Å². The molecule has 1 N–H and O–H groups in total. The van der Waals surface area contributed by atoms with Gasteiger partial charge in [-0.2, -0.15) is 0 Å². The van der Waals surface area contributed by atoms with E-state index in [1.807, 2.05) is 32.0 Å². The highest BCUT2D eigenvalue weighted by Gasteiger charge is 2.41. The zero-order valence-corrected chi connectivity index (χ0v) is 14.2. The zero-order chi connectivity index (χ0) is 17.7. The van der Waals surface area contributed by atoms with Crippen LogP contribution in [0.3, 0.4) is 0 Å². The minimum absolute atomic E-state index is 0.0282. The quantitative estimate of drug-likeness (QED) is 0.606.